The molecule has 4 aromatic rings. The molecule has 0 radical (unpaired) electrons. The molecule has 1 aliphatic carbocycles. The zero-order valence-corrected chi connectivity index (χ0v) is 20.0. The van der Waals surface area contributed by atoms with E-state index in [4.69, 9.17) is 4.74 Å². The molecular weight excluding hydrogens is 478 g/mol. The first-order chi connectivity index (χ1) is 17.9. The van der Waals surface area contributed by atoms with E-state index in [1.807, 2.05) is 42.5 Å². The van der Waals surface area contributed by atoms with Gasteiger partial charge in [-0.05, 0) is 66.6 Å². The van der Waals surface area contributed by atoms with E-state index in [1.165, 1.54) is 12.1 Å². The molecule has 188 valence electrons. The minimum atomic E-state index is -1.12. The molecule has 2 heterocycles. The van der Waals surface area contributed by atoms with Crippen LogP contribution < -0.4 is 15.0 Å². The molecule has 2 amide bonds. The van der Waals surface area contributed by atoms with Crippen molar-refractivity contribution in [1.29, 1.82) is 0 Å². The minimum absolute atomic E-state index is 0.0875. The summed E-state index contributed by atoms with van der Waals surface area (Å²) in [6.45, 7) is 0. The summed E-state index contributed by atoms with van der Waals surface area (Å²) in [4.78, 5) is 27.7. The highest BCUT2D eigenvalue weighted by Crippen LogP contribution is 2.41. The number of carbonyl (C=O) groups is 2. The first kappa shape index (κ1) is 23.1. The zero-order chi connectivity index (χ0) is 25.7. The number of carbonyl (C=O) groups excluding carboxylic acids is 2. The van der Waals surface area contributed by atoms with Crippen LogP contribution in [0.25, 0.3) is 16.6 Å². The van der Waals surface area contributed by atoms with E-state index in [0.717, 1.165) is 16.5 Å². The Balaban J connectivity index is 1.38. The molecule has 1 saturated carbocycles. The second-order valence-electron chi connectivity index (χ2n) is 9.44. The lowest BCUT2D eigenvalue weighted by molar-refractivity contribution is -0.123. The van der Waals surface area contributed by atoms with Crippen LogP contribution in [0.2, 0.25) is 0 Å². The number of nitrogens with one attached hydrogen (secondary N) is 1. The molecule has 2 fully saturated rings. The van der Waals surface area contributed by atoms with Crippen molar-refractivity contribution >= 4 is 28.4 Å². The van der Waals surface area contributed by atoms with E-state index in [2.05, 4.69) is 10.4 Å². The molecule has 0 bridgehead atoms. The van der Waals surface area contributed by atoms with Gasteiger partial charge in [-0.3, -0.25) is 9.59 Å². The van der Waals surface area contributed by atoms with Crippen LogP contribution in [0.5, 0.6) is 5.75 Å². The van der Waals surface area contributed by atoms with Gasteiger partial charge in [-0.25, -0.2) is 13.5 Å². The molecule has 6 rings (SSSR count). The van der Waals surface area contributed by atoms with Gasteiger partial charge in [0, 0.05) is 17.5 Å². The number of methoxy groups -OCH3 is 1. The second kappa shape index (κ2) is 8.99. The Labute approximate surface area is 211 Å². The lowest BCUT2D eigenvalue weighted by Crippen LogP contribution is -2.41. The van der Waals surface area contributed by atoms with Crippen molar-refractivity contribution in [1.82, 2.24) is 15.1 Å². The normalized spacial score (nSPS) is 22.9. The SMILES string of the molecule is COc1cccc([C@@H]2[C@@H](NC(=O)[C@H]3C[C@H]3F)CC(=O)N2c2ccc3c(cnn3-c3ccc(F)cc3)c2)c1. The van der Waals surface area contributed by atoms with Gasteiger partial charge in [0.15, 0.2) is 0 Å². The number of amides is 2. The Bertz CT molecular complexity index is 1500. The first-order valence-corrected chi connectivity index (χ1v) is 12.1. The molecule has 37 heavy (non-hydrogen) atoms. The van der Waals surface area contributed by atoms with Gasteiger partial charge in [-0.15, -0.1) is 0 Å². The third kappa shape index (κ3) is 4.20. The largest absolute Gasteiger partial charge is 0.497 e. The zero-order valence-electron chi connectivity index (χ0n) is 20.0. The summed E-state index contributed by atoms with van der Waals surface area (Å²) in [5.41, 5.74) is 2.96. The lowest BCUT2D eigenvalue weighted by atomic mass is 9.99. The van der Waals surface area contributed by atoms with Crippen LogP contribution in [0.4, 0.5) is 14.5 Å². The standard InChI is InChI=1S/C28H24F2N4O3/c1-37-21-4-2-3-16(12-21)27-24(32-28(36)22-13-23(22)30)14-26(35)33(27)20-9-10-25-17(11-20)15-31-34(25)19-7-5-18(29)6-8-19/h2-12,15,22-24,27H,13-14H2,1H3,(H,32,36)/t22-,23+,24-,27+/m0/s1. The Hall–Kier alpha value is -4.27. The van der Waals surface area contributed by atoms with Gasteiger partial charge >= 0.3 is 0 Å². The van der Waals surface area contributed by atoms with Gasteiger partial charge in [-0.1, -0.05) is 12.1 Å². The van der Waals surface area contributed by atoms with Gasteiger partial charge < -0.3 is 15.0 Å². The molecule has 9 heteroatoms. The number of benzene rings is 3. The van der Waals surface area contributed by atoms with Crippen LogP contribution in [-0.4, -0.2) is 40.9 Å². The van der Waals surface area contributed by atoms with Crippen LogP contribution in [0, 0.1) is 11.7 Å². The fourth-order valence-corrected chi connectivity index (χ4v) is 5.06. The maximum Gasteiger partial charge on any atom is 0.229 e. The number of fused-ring (bicyclic) bond motifs is 1. The van der Waals surface area contributed by atoms with Gasteiger partial charge in [0.05, 0.1) is 42.5 Å². The summed E-state index contributed by atoms with van der Waals surface area (Å²) in [5, 5.41) is 8.17. The third-order valence-electron chi connectivity index (χ3n) is 7.04. The highest BCUT2D eigenvalue weighted by Gasteiger charge is 2.48. The topological polar surface area (TPSA) is 76.5 Å². The summed E-state index contributed by atoms with van der Waals surface area (Å²) < 4.78 is 34.0. The number of aromatic nitrogens is 2. The number of hydrogen-bond donors (Lipinski definition) is 1. The molecule has 1 aromatic heterocycles. The quantitative estimate of drug-likeness (QED) is 0.422. The highest BCUT2D eigenvalue weighted by atomic mass is 19.1. The van der Waals surface area contributed by atoms with Crippen LogP contribution in [0.15, 0.2) is 72.9 Å². The predicted octanol–water partition coefficient (Wildman–Crippen LogP) is 4.49. The molecule has 1 aliphatic heterocycles. The molecule has 1 saturated heterocycles. The molecular formula is C28H24F2N4O3. The maximum atomic E-state index is 13.5. The number of halogens is 2. The summed E-state index contributed by atoms with van der Waals surface area (Å²) in [5.74, 6) is -0.872. The summed E-state index contributed by atoms with van der Waals surface area (Å²) in [6.07, 6.45) is 0.874. The van der Waals surface area contributed by atoms with Crippen LogP contribution >= 0.6 is 0 Å². The van der Waals surface area contributed by atoms with Gasteiger partial charge in [0.1, 0.15) is 17.7 Å². The third-order valence-corrected chi connectivity index (χ3v) is 7.04. The van der Waals surface area contributed by atoms with Crippen molar-refractivity contribution in [3.63, 3.8) is 0 Å². The minimum Gasteiger partial charge on any atom is -0.497 e. The van der Waals surface area contributed by atoms with E-state index < -0.39 is 24.2 Å². The molecule has 4 atom stereocenters. The molecule has 2 aliphatic rings. The number of nitrogens with zero attached hydrogens (tertiary/aromatic N) is 3. The van der Waals surface area contributed by atoms with Crippen LogP contribution in [-0.2, 0) is 9.59 Å². The Morgan fingerprint density at radius 3 is 2.57 bits per heavy atom. The summed E-state index contributed by atoms with van der Waals surface area (Å²) >= 11 is 0. The van der Waals surface area contributed by atoms with Crippen molar-refractivity contribution in [2.24, 2.45) is 5.92 Å². The monoisotopic (exact) mass is 502 g/mol. The molecule has 7 nitrogen and oxygen atoms in total. The van der Waals surface area contributed by atoms with Gasteiger partial charge in [0.25, 0.3) is 0 Å². The fraction of sp³-hybridized carbons (Fsp3) is 0.250. The van der Waals surface area contributed by atoms with Crippen molar-refractivity contribution in [2.45, 2.75) is 31.1 Å². The number of hydrogen-bond acceptors (Lipinski definition) is 4. The van der Waals surface area contributed by atoms with E-state index in [0.29, 0.717) is 17.1 Å². The van der Waals surface area contributed by atoms with E-state index in [-0.39, 0.29) is 30.5 Å². The summed E-state index contributed by atoms with van der Waals surface area (Å²) in [6, 6.07) is 17.9. The Morgan fingerprint density at radius 1 is 1.08 bits per heavy atom. The highest BCUT2D eigenvalue weighted by molar-refractivity contribution is 6.00. The van der Waals surface area contributed by atoms with Crippen molar-refractivity contribution in [2.75, 3.05) is 12.0 Å². The van der Waals surface area contributed by atoms with Crippen molar-refractivity contribution < 1.29 is 23.1 Å². The number of anilines is 1. The molecule has 0 spiro atoms. The lowest BCUT2D eigenvalue weighted by Gasteiger charge is -2.29. The van der Waals surface area contributed by atoms with Crippen LogP contribution in [0.1, 0.15) is 24.4 Å². The van der Waals surface area contributed by atoms with Crippen molar-refractivity contribution in [3.8, 4) is 11.4 Å². The average molecular weight is 503 g/mol. The molecule has 1 N–H and O–H groups in total. The first-order valence-electron chi connectivity index (χ1n) is 12.1. The second-order valence-corrected chi connectivity index (χ2v) is 9.44. The summed E-state index contributed by atoms with van der Waals surface area (Å²) in [7, 11) is 1.57. The number of ether oxygens (including phenoxy) is 1. The molecule has 3 aromatic carbocycles. The Kier molecular flexibility index (Phi) is 5.62. The van der Waals surface area contributed by atoms with Gasteiger partial charge in [0.2, 0.25) is 11.8 Å². The van der Waals surface area contributed by atoms with E-state index >= 15 is 0 Å². The fourth-order valence-electron chi connectivity index (χ4n) is 5.06. The smallest absolute Gasteiger partial charge is 0.229 e. The van der Waals surface area contributed by atoms with Crippen LogP contribution in [0.3, 0.4) is 0 Å². The van der Waals surface area contributed by atoms with E-state index in [9.17, 15) is 18.4 Å². The maximum absolute atomic E-state index is 13.5. The Morgan fingerprint density at radius 2 is 1.84 bits per heavy atom. The predicted molar refractivity (Wildman–Crippen MR) is 134 cm³/mol. The van der Waals surface area contributed by atoms with E-state index in [1.54, 1.807) is 35.0 Å². The van der Waals surface area contributed by atoms with Gasteiger partial charge in [-0.2, -0.15) is 5.10 Å². The van der Waals surface area contributed by atoms with Crippen molar-refractivity contribution in [3.05, 3.63) is 84.3 Å². The number of alkyl halides is 1. The molecule has 0 unspecified atom stereocenters. The number of rotatable bonds is 6. The average Bonchev–Trinajstić information content (AvgIpc) is 3.35.